The monoisotopic (exact) mass is 252 g/mol. The van der Waals surface area contributed by atoms with E-state index in [0.29, 0.717) is 16.4 Å². The lowest BCUT2D eigenvalue weighted by atomic mass is 10.1. The molecule has 0 spiro atoms. The lowest BCUT2D eigenvalue weighted by molar-refractivity contribution is -0.384. The summed E-state index contributed by atoms with van der Waals surface area (Å²) in [4.78, 5) is 10.2. The van der Waals surface area contributed by atoms with Crippen molar-refractivity contribution in [3.8, 4) is 0 Å². The van der Waals surface area contributed by atoms with Crippen molar-refractivity contribution in [1.29, 1.82) is 0 Å². The average Bonchev–Trinajstić information content (AvgIpc) is 2.35. The first kappa shape index (κ1) is 13.0. The van der Waals surface area contributed by atoms with Crippen LogP contribution in [0, 0.1) is 10.1 Å². The van der Waals surface area contributed by atoms with Crippen molar-refractivity contribution >= 4 is 28.7 Å². The van der Waals surface area contributed by atoms with Crippen molar-refractivity contribution in [3.05, 3.63) is 39.9 Å². The Morgan fingerprint density at radius 2 is 2.24 bits per heavy atom. The van der Waals surface area contributed by atoms with E-state index in [2.05, 4.69) is 15.8 Å². The van der Waals surface area contributed by atoms with E-state index in [1.807, 2.05) is 0 Å². The number of hydrogen-bond donors (Lipinski definition) is 2. The third-order valence-electron chi connectivity index (χ3n) is 2.03. The summed E-state index contributed by atoms with van der Waals surface area (Å²) in [5.74, 6) is 0. The van der Waals surface area contributed by atoms with Crippen LogP contribution in [-0.2, 0) is 0 Å². The van der Waals surface area contributed by atoms with Crippen LogP contribution < -0.4 is 10.7 Å². The molecule has 0 aliphatic carbocycles. The molecule has 0 fully saturated rings. The van der Waals surface area contributed by atoms with Gasteiger partial charge in [-0.05, 0) is 19.1 Å². The van der Waals surface area contributed by atoms with Crippen LogP contribution in [0.5, 0.6) is 0 Å². The van der Waals surface area contributed by atoms with Crippen molar-refractivity contribution in [2.45, 2.75) is 6.92 Å². The number of thiocarbonyl (C=S) groups is 1. The topological polar surface area (TPSA) is 79.6 Å². The number of nitrogens with zero attached hydrogens (tertiary/aromatic N) is 2. The molecule has 0 aromatic heterocycles. The highest BCUT2D eigenvalue weighted by Gasteiger charge is 2.07. The Labute approximate surface area is 104 Å². The molecule has 0 aliphatic heterocycles. The molecule has 90 valence electrons. The van der Waals surface area contributed by atoms with E-state index in [-0.39, 0.29) is 5.69 Å². The predicted octanol–water partition coefficient (Wildman–Crippen LogP) is 1.41. The normalized spacial score (nSPS) is 10.8. The van der Waals surface area contributed by atoms with Crippen LogP contribution in [0.2, 0.25) is 0 Å². The molecular formula is C10H12N4O2S. The molecule has 2 N–H and O–H groups in total. The number of nitrogens with one attached hydrogen (secondary N) is 2. The molecule has 0 amide bonds. The highest BCUT2D eigenvalue weighted by atomic mass is 32.1. The minimum atomic E-state index is -0.442. The molecule has 17 heavy (non-hydrogen) atoms. The fourth-order valence-electron chi connectivity index (χ4n) is 1.10. The molecule has 0 heterocycles. The Morgan fingerprint density at radius 1 is 1.53 bits per heavy atom. The Kier molecular flexibility index (Phi) is 4.53. The van der Waals surface area contributed by atoms with E-state index in [9.17, 15) is 10.1 Å². The second kappa shape index (κ2) is 5.90. The first-order valence-electron chi connectivity index (χ1n) is 4.81. The minimum absolute atomic E-state index is 0.0354. The number of rotatable bonds is 3. The zero-order valence-corrected chi connectivity index (χ0v) is 10.2. The third-order valence-corrected chi connectivity index (χ3v) is 2.32. The molecule has 1 aromatic carbocycles. The van der Waals surface area contributed by atoms with Gasteiger partial charge < -0.3 is 5.32 Å². The van der Waals surface area contributed by atoms with Gasteiger partial charge in [-0.15, -0.1) is 0 Å². The van der Waals surface area contributed by atoms with Crippen LogP contribution >= 0.6 is 12.2 Å². The number of hydrogen-bond acceptors (Lipinski definition) is 4. The van der Waals surface area contributed by atoms with Crippen LogP contribution in [0.3, 0.4) is 0 Å². The van der Waals surface area contributed by atoms with Gasteiger partial charge in [-0.25, -0.2) is 0 Å². The molecule has 1 aromatic rings. The maximum atomic E-state index is 10.6. The van der Waals surface area contributed by atoms with Crippen LogP contribution in [0.1, 0.15) is 12.5 Å². The third kappa shape index (κ3) is 3.80. The molecule has 7 heteroatoms. The van der Waals surface area contributed by atoms with Crippen LogP contribution in [-0.4, -0.2) is 22.8 Å². The average molecular weight is 252 g/mol. The van der Waals surface area contributed by atoms with Gasteiger partial charge in [0, 0.05) is 24.7 Å². The lowest BCUT2D eigenvalue weighted by Gasteiger charge is -2.03. The first-order chi connectivity index (χ1) is 8.04. The quantitative estimate of drug-likeness (QED) is 0.368. The van der Waals surface area contributed by atoms with Crippen molar-refractivity contribution in [1.82, 2.24) is 10.7 Å². The minimum Gasteiger partial charge on any atom is -0.364 e. The number of non-ortho nitro benzene ring substituents is 1. The smallest absolute Gasteiger partial charge is 0.270 e. The van der Waals surface area contributed by atoms with Gasteiger partial charge in [0.25, 0.3) is 5.69 Å². The van der Waals surface area contributed by atoms with Gasteiger partial charge in [0.1, 0.15) is 0 Å². The van der Waals surface area contributed by atoms with Crippen LogP contribution in [0.15, 0.2) is 29.4 Å². The molecule has 1 rings (SSSR count). The zero-order chi connectivity index (χ0) is 12.8. The van der Waals surface area contributed by atoms with Crippen molar-refractivity contribution < 1.29 is 4.92 Å². The van der Waals surface area contributed by atoms with Crippen molar-refractivity contribution in [2.75, 3.05) is 7.05 Å². The summed E-state index contributed by atoms with van der Waals surface area (Å²) in [5, 5.41) is 17.7. The molecule has 0 atom stereocenters. The van der Waals surface area contributed by atoms with E-state index in [1.165, 1.54) is 12.1 Å². The predicted molar refractivity (Wildman–Crippen MR) is 70.1 cm³/mol. The molecule has 0 radical (unpaired) electrons. The summed E-state index contributed by atoms with van der Waals surface area (Å²) in [6.45, 7) is 1.74. The van der Waals surface area contributed by atoms with Gasteiger partial charge in [0.15, 0.2) is 5.11 Å². The van der Waals surface area contributed by atoms with Crippen molar-refractivity contribution in [3.63, 3.8) is 0 Å². The van der Waals surface area contributed by atoms with Gasteiger partial charge in [0.05, 0.1) is 10.6 Å². The molecule has 6 nitrogen and oxygen atoms in total. The van der Waals surface area contributed by atoms with Crippen LogP contribution in [0.25, 0.3) is 0 Å². The summed E-state index contributed by atoms with van der Waals surface area (Å²) in [7, 11) is 1.67. The number of nitro benzene ring substituents is 1. The summed E-state index contributed by atoms with van der Waals surface area (Å²) < 4.78 is 0. The fraction of sp³-hybridized carbons (Fsp3) is 0.200. The molecule has 0 saturated heterocycles. The molecule has 0 unspecified atom stereocenters. The number of benzene rings is 1. The maximum Gasteiger partial charge on any atom is 0.270 e. The first-order valence-corrected chi connectivity index (χ1v) is 5.22. The molecular weight excluding hydrogens is 240 g/mol. The van der Waals surface area contributed by atoms with Gasteiger partial charge in [-0.2, -0.15) is 5.10 Å². The van der Waals surface area contributed by atoms with Gasteiger partial charge in [0.2, 0.25) is 0 Å². The van der Waals surface area contributed by atoms with E-state index in [0.717, 1.165) is 0 Å². The highest BCUT2D eigenvalue weighted by molar-refractivity contribution is 7.80. The maximum absolute atomic E-state index is 10.6. The van der Waals surface area contributed by atoms with E-state index < -0.39 is 4.92 Å². The van der Waals surface area contributed by atoms with E-state index >= 15 is 0 Å². The number of nitro groups is 1. The Bertz CT molecular complexity index is 473. The van der Waals surface area contributed by atoms with Gasteiger partial charge in [-0.3, -0.25) is 15.5 Å². The Hall–Kier alpha value is -2.02. The summed E-state index contributed by atoms with van der Waals surface area (Å²) >= 11 is 4.85. The highest BCUT2D eigenvalue weighted by Crippen LogP contribution is 2.13. The second-order valence-corrected chi connectivity index (χ2v) is 3.60. The van der Waals surface area contributed by atoms with E-state index in [4.69, 9.17) is 12.2 Å². The molecule has 0 bridgehead atoms. The lowest BCUT2D eigenvalue weighted by Crippen LogP contribution is -2.29. The standard InChI is InChI=1S/C10H12N4O2S/c1-7(12-13-10(17)11-2)8-4-3-5-9(6-8)14(15)16/h3-6H,1-2H3,(H2,11,13,17)/b12-7-. The van der Waals surface area contributed by atoms with Crippen LogP contribution in [0.4, 0.5) is 5.69 Å². The van der Waals surface area contributed by atoms with Gasteiger partial charge in [-0.1, -0.05) is 12.1 Å². The Balaban J connectivity index is 2.88. The number of hydrazone groups is 1. The Morgan fingerprint density at radius 3 is 2.82 bits per heavy atom. The fourth-order valence-corrected chi connectivity index (χ4v) is 1.15. The molecule has 0 aliphatic rings. The van der Waals surface area contributed by atoms with Gasteiger partial charge >= 0.3 is 0 Å². The van der Waals surface area contributed by atoms with E-state index in [1.54, 1.807) is 26.1 Å². The summed E-state index contributed by atoms with van der Waals surface area (Å²) in [5.41, 5.74) is 3.94. The zero-order valence-electron chi connectivity index (χ0n) is 9.43. The van der Waals surface area contributed by atoms with Crippen molar-refractivity contribution in [2.24, 2.45) is 5.10 Å². The molecule has 0 saturated carbocycles. The summed E-state index contributed by atoms with van der Waals surface area (Å²) in [6.07, 6.45) is 0. The SMILES string of the molecule is CNC(=S)N/N=C(/C)c1cccc([N+](=O)[O-])c1. The second-order valence-electron chi connectivity index (χ2n) is 3.20. The largest absolute Gasteiger partial charge is 0.364 e. The summed E-state index contributed by atoms with van der Waals surface area (Å²) in [6, 6.07) is 6.25.